The first-order valence-corrected chi connectivity index (χ1v) is 5.77. The van der Waals surface area contributed by atoms with E-state index in [-0.39, 0.29) is 4.47 Å². The first kappa shape index (κ1) is 12.8. The Bertz CT molecular complexity index is 654. The summed E-state index contributed by atoms with van der Waals surface area (Å²) in [7, 11) is 0. The largest absolute Gasteiger partial charge is 0.392 e. The third kappa shape index (κ3) is 2.06. The van der Waals surface area contributed by atoms with Gasteiger partial charge in [-0.2, -0.15) is 0 Å². The van der Waals surface area contributed by atoms with Crippen LogP contribution in [0.2, 0.25) is 0 Å². The number of nitrogens with one attached hydrogen (secondary N) is 1. The van der Waals surface area contributed by atoms with Crippen LogP contribution in [0, 0.1) is 12.3 Å². The van der Waals surface area contributed by atoms with Crippen molar-refractivity contribution >= 4 is 15.9 Å². The molecule has 0 bridgehead atoms. The molecule has 0 aliphatic carbocycles. The quantitative estimate of drug-likeness (QED) is 0.582. The molecule has 7 heteroatoms. The fourth-order valence-electron chi connectivity index (χ4n) is 1.55. The molecule has 6 nitrogen and oxygen atoms in total. The number of hydrogen-bond acceptors (Lipinski definition) is 4. The molecule has 0 fully saturated rings. The second kappa shape index (κ2) is 4.57. The van der Waals surface area contributed by atoms with Crippen molar-refractivity contribution < 1.29 is 9.84 Å². The molecule has 0 aromatic carbocycles. The van der Waals surface area contributed by atoms with Gasteiger partial charge >= 0.3 is 5.69 Å². The van der Waals surface area contributed by atoms with E-state index in [0.717, 1.165) is 4.57 Å². The molecule has 1 aromatic rings. The molecule has 0 amide bonds. The fourth-order valence-corrected chi connectivity index (χ4v) is 1.87. The van der Waals surface area contributed by atoms with E-state index in [0.29, 0.717) is 0 Å². The van der Waals surface area contributed by atoms with Gasteiger partial charge in [0, 0.05) is 6.20 Å². The molecule has 2 rings (SSSR count). The number of aliphatic hydroxyl groups is 1. The maximum absolute atomic E-state index is 11.6. The van der Waals surface area contributed by atoms with Gasteiger partial charge in [-0.05, 0) is 28.1 Å². The molecule has 18 heavy (non-hydrogen) atoms. The van der Waals surface area contributed by atoms with Crippen molar-refractivity contribution in [3.05, 3.63) is 43.7 Å². The molecule has 1 aliphatic rings. The number of terminal acetylenes is 1. The Morgan fingerprint density at radius 1 is 1.67 bits per heavy atom. The van der Waals surface area contributed by atoms with Crippen molar-refractivity contribution in [2.75, 3.05) is 6.61 Å². The van der Waals surface area contributed by atoms with E-state index < -0.39 is 29.7 Å². The van der Waals surface area contributed by atoms with Crippen LogP contribution >= 0.6 is 15.9 Å². The number of H-pyrrole nitrogens is 1. The Kier molecular flexibility index (Phi) is 3.26. The summed E-state index contributed by atoms with van der Waals surface area (Å²) in [6.07, 6.45) is 8.85. The topological polar surface area (TPSA) is 84.3 Å². The molecule has 0 spiro atoms. The summed E-state index contributed by atoms with van der Waals surface area (Å²) < 4.78 is 6.79. The van der Waals surface area contributed by atoms with Crippen LogP contribution in [-0.4, -0.2) is 26.9 Å². The summed E-state index contributed by atoms with van der Waals surface area (Å²) in [4.78, 5) is 24.9. The zero-order valence-electron chi connectivity index (χ0n) is 9.09. The lowest BCUT2D eigenvalue weighted by Crippen LogP contribution is -2.36. The van der Waals surface area contributed by atoms with Crippen LogP contribution in [0.4, 0.5) is 0 Å². The molecule has 1 aromatic heterocycles. The Morgan fingerprint density at radius 2 is 2.39 bits per heavy atom. The highest BCUT2D eigenvalue weighted by atomic mass is 79.9. The summed E-state index contributed by atoms with van der Waals surface area (Å²) in [6.45, 7) is -0.393. The zero-order valence-corrected chi connectivity index (χ0v) is 10.7. The number of ether oxygens (including phenoxy) is 1. The van der Waals surface area contributed by atoms with Gasteiger partial charge in [0.15, 0.2) is 11.8 Å². The Labute approximate surface area is 110 Å². The van der Waals surface area contributed by atoms with Crippen LogP contribution in [0.1, 0.15) is 6.23 Å². The first-order valence-electron chi connectivity index (χ1n) is 4.98. The van der Waals surface area contributed by atoms with E-state index in [2.05, 4.69) is 26.8 Å². The number of halogens is 1. The molecule has 94 valence electrons. The summed E-state index contributed by atoms with van der Waals surface area (Å²) in [5, 5.41) is 9.18. The highest BCUT2D eigenvalue weighted by Crippen LogP contribution is 2.28. The average molecular weight is 313 g/mol. The zero-order chi connectivity index (χ0) is 13.3. The van der Waals surface area contributed by atoms with Gasteiger partial charge in [0.05, 0.1) is 11.1 Å². The van der Waals surface area contributed by atoms with Gasteiger partial charge in [0.2, 0.25) is 0 Å². The molecule has 2 unspecified atom stereocenters. The van der Waals surface area contributed by atoms with Gasteiger partial charge in [0.1, 0.15) is 0 Å². The smallest absolute Gasteiger partial charge is 0.330 e. The van der Waals surface area contributed by atoms with Crippen LogP contribution in [0.3, 0.4) is 0 Å². The third-order valence-electron chi connectivity index (χ3n) is 2.54. The van der Waals surface area contributed by atoms with Crippen molar-refractivity contribution in [3.63, 3.8) is 0 Å². The fraction of sp³-hybridized carbons (Fsp3) is 0.273. The Morgan fingerprint density at radius 3 is 2.94 bits per heavy atom. The first-order chi connectivity index (χ1) is 8.51. The minimum Gasteiger partial charge on any atom is -0.392 e. The monoisotopic (exact) mass is 312 g/mol. The normalized spacial score (nSPS) is 26.2. The van der Waals surface area contributed by atoms with E-state index in [9.17, 15) is 14.7 Å². The SMILES string of the molecule is C#CC1(CO)C=CC(n2cc(Br)c(=O)[nH]c2=O)O1. The van der Waals surface area contributed by atoms with Crippen molar-refractivity contribution in [1.29, 1.82) is 0 Å². The Balaban J connectivity index is 2.41. The molecule has 2 N–H and O–H groups in total. The van der Waals surface area contributed by atoms with Crippen molar-refractivity contribution in [2.45, 2.75) is 11.8 Å². The number of aliphatic hydroxyl groups excluding tert-OH is 1. The lowest BCUT2D eigenvalue weighted by molar-refractivity contribution is -0.0503. The van der Waals surface area contributed by atoms with Gasteiger partial charge in [-0.1, -0.05) is 5.92 Å². The maximum Gasteiger partial charge on any atom is 0.330 e. The summed E-state index contributed by atoms with van der Waals surface area (Å²) in [6, 6.07) is 0. The van der Waals surface area contributed by atoms with Gasteiger partial charge in [-0.15, -0.1) is 6.42 Å². The minimum absolute atomic E-state index is 0.196. The van der Waals surface area contributed by atoms with Gasteiger partial charge < -0.3 is 9.84 Å². The lowest BCUT2D eigenvalue weighted by atomic mass is 10.1. The molecule has 0 radical (unpaired) electrons. The molecule has 1 aliphatic heterocycles. The van der Waals surface area contributed by atoms with Crippen LogP contribution in [0.5, 0.6) is 0 Å². The standard InChI is InChI=1S/C11H9BrN2O4/c1-2-11(6-15)4-3-8(18-11)14-5-7(12)9(16)13-10(14)17/h1,3-5,8,15H,6H2,(H,13,16,17). The van der Waals surface area contributed by atoms with Crippen LogP contribution in [-0.2, 0) is 4.74 Å². The maximum atomic E-state index is 11.6. The second-order valence-electron chi connectivity index (χ2n) is 3.70. The minimum atomic E-state index is -1.23. The van der Waals surface area contributed by atoms with E-state index >= 15 is 0 Å². The van der Waals surface area contributed by atoms with Gasteiger partial charge in [-0.25, -0.2) is 4.79 Å². The van der Waals surface area contributed by atoms with Crippen LogP contribution in [0.25, 0.3) is 0 Å². The number of rotatable bonds is 2. The average Bonchev–Trinajstić information content (AvgIpc) is 2.79. The molecular formula is C11H9BrN2O4. The summed E-state index contributed by atoms with van der Waals surface area (Å²) in [5.74, 6) is 2.31. The van der Waals surface area contributed by atoms with E-state index in [4.69, 9.17) is 11.2 Å². The lowest BCUT2D eigenvalue weighted by Gasteiger charge is -2.21. The van der Waals surface area contributed by atoms with Crippen molar-refractivity contribution in [1.82, 2.24) is 9.55 Å². The van der Waals surface area contributed by atoms with Crippen molar-refractivity contribution in [3.8, 4) is 12.3 Å². The van der Waals surface area contributed by atoms with Crippen LogP contribution < -0.4 is 11.2 Å². The number of aromatic amines is 1. The summed E-state index contributed by atoms with van der Waals surface area (Å²) in [5.41, 5.74) is -2.38. The second-order valence-corrected chi connectivity index (χ2v) is 4.56. The predicted octanol–water partition coefficient (Wildman–Crippen LogP) is -0.252. The highest BCUT2D eigenvalue weighted by molar-refractivity contribution is 9.10. The molecular weight excluding hydrogens is 304 g/mol. The number of aromatic nitrogens is 2. The van der Waals surface area contributed by atoms with Crippen LogP contribution in [0.15, 0.2) is 32.4 Å². The highest BCUT2D eigenvalue weighted by Gasteiger charge is 2.34. The number of nitrogens with zero attached hydrogens (tertiary/aromatic N) is 1. The third-order valence-corrected chi connectivity index (χ3v) is 3.10. The van der Waals surface area contributed by atoms with E-state index in [1.54, 1.807) is 6.08 Å². The van der Waals surface area contributed by atoms with E-state index in [1.807, 2.05) is 0 Å². The van der Waals surface area contributed by atoms with Gasteiger partial charge in [0.25, 0.3) is 5.56 Å². The van der Waals surface area contributed by atoms with Crippen molar-refractivity contribution in [2.24, 2.45) is 0 Å². The predicted molar refractivity (Wildman–Crippen MR) is 66.9 cm³/mol. The molecule has 2 atom stereocenters. The Hall–Kier alpha value is -1.62. The van der Waals surface area contributed by atoms with Gasteiger partial charge in [-0.3, -0.25) is 14.3 Å². The van der Waals surface area contributed by atoms with E-state index in [1.165, 1.54) is 12.3 Å². The number of hydrogen-bond donors (Lipinski definition) is 2. The molecule has 0 saturated heterocycles. The molecule has 0 saturated carbocycles. The molecule has 2 heterocycles. The summed E-state index contributed by atoms with van der Waals surface area (Å²) >= 11 is 3.02.